The van der Waals surface area contributed by atoms with Crippen molar-refractivity contribution in [2.45, 2.75) is 30.4 Å². The van der Waals surface area contributed by atoms with E-state index in [9.17, 15) is 13.2 Å². The normalized spacial score (nSPS) is 28.0. The van der Waals surface area contributed by atoms with Crippen LogP contribution in [0.15, 0.2) is 60.7 Å². The first kappa shape index (κ1) is 23.7. The number of quaternary nitrogens is 1. The summed E-state index contributed by atoms with van der Waals surface area (Å²) in [4.78, 5) is 2.75. The van der Waals surface area contributed by atoms with Crippen LogP contribution in [-0.2, 0) is 23.0 Å². The number of fused-ring (bicyclic) bond motifs is 3. The van der Waals surface area contributed by atoms with Crippen molar-refractivity contribution in [1.29, 1.82) is 0 Å². The Hall–Kier alpha value is -1.94. The Labute approximate surface area is 181 Å². The lowest BCUT2D eigenvalue weighted by Crippen LogP contribution is -2.74. The van der Waals surface area contributed by atoms with Crippen LogP contribution in [0, 0.1) is 0 Å². The SMILES string of the molecule is C[N@+]12CC[N@](C[C@@H]1Cc1ccccc1)[C@@H](Cc1ccccc1)C2.O=S(=O)([O-])C(F)(F)F. The molecule has 0 unspecified atom stereocenters. The van der Waals surface area contributed by atoms with E-state index in [1.54, 1.807) is 0 Å². The lowest BCUT2D eigenvalue weighted by molar-refractivity contribution is -0.950. The topological polar surface area (TPSA) is 60.4 Å². The van der Waals surface area contributed by atoms with Gasteiger partial charge in [0.2, 0.25) is 0 Å². The largest absolute Gasteiger partial charge is 0.741 e. The molecule has 2 aromatic rings. The molecule has 2 aromatic carbocycles. The summed E-state index contributed by atoms with van der Waals surface area (Å²) in [5.74, 6) is 0. The number of hydrogen-bond acceptors (Lipinski definition) is 4. The Morgan fingerprint density at radius 3 is 1.94 bits per heavy atom. The van der Waals surface area contributed by atoms with Crippen molar-refractivity contribution in [1.82, 2.24) is 4.90 Å². The molecule has 3 saturated heterocycles. The minimum Gasteiger partial charge on any atom is -0.741 e. The van der Waals surface area contributed by atoms with Crippen molar-refractivity contribution in [2.75, 3.05) is 33.2 Å². The Morgan fingerprint density at radius 2 is 1.48 bits per heavy atom. The highest BCUT2D eigenvalue weighted by Gasteiger charge is 2.47. The minimum absolute atomic E-state index is 0.711. The summed E-state index contributed by atoms with van der Waals surface area (Å²) in [6.45, 7) is 5.12. The Morgan fingerprint density at radius 1 is 1.00 bits per heavy atom. The highest BCUT2D eigenvalue weighted by molar-refractivity contribution is 7.86. The molecule has 0 N–H and O–H groups in total. The van der Waals surface area contributed by atoms with Gasteiger partial charge in [0, 0.05) is 13.0 Å². The molecular formula is C22H27F3N2O3S. The number of rotatable bonds is 4. The standard InChI is InChI=1S/C21H27N2.CHF3O3S/c1-23-13-12-22(16-21(23)15-19-10-6-3-7-11-19)20(17-23)14-18-8-4-2-5-9-18;2-1(3,4)8(5,6)7/h2-11,20-21H,12-17H2,1H3;(H,5,6,7)/q+1;/p-1/t20-,21-,23+;/m0./s1. The third kappa shape index (κ3) is 6.06. The van der Waals surface area contributed by atoms with Crippen LogP contribution in [0.3, 0.4) is 0 Å². The van der Waals surface area contributed by atoms with E-state index in [1.165, 1.54) is 54.6 Å². The summed E-state index contributed by atoms with van der Waals surface area (Å²) < 4.78 is 60.2. The summed E-state index contributed by atoms with van der Waals surface area (Å²) in [7, 11) is -3.60. The van der Waals surface area contributed by atoms with Crippen LogP contribution in [0.2, 0.25) is 0 Å². The first-order valence-corrected chi connectivity index (χ1v) is 11.6. The van der Waals surface area contributed by atoms with Gasteiger partial charge in [-0.2, -0.15) is 13.2 Å². The second-order valence-corrected chi connectivity index (χ2v) is 9.84. The van der Waals surface area contributed by atoms with E-state index >= 15 is 0 Å². The zero-order chi connectivity index (χ0) is 22.7. The van der Waals surface area contributed by atoms with Crippen LogP contribution < -0.4 is 0 Å². The highest BCUT2D eigenvalue weighted by Crippen LogP contribution is 2.31. The van der Waals surface area contributed by atoms with Crippen LogP contribution in [0.5, 0.6) is 0 Å². The fraction of sp³-hybridized carbons (Fsp3) is 0.455. The first-order chi connectivity index (χ1) is 14.5. The van der Waals surface area contributed by atoms with Crippen molar-refractivity contribution in [3.63, 3.8) is 0 Å². The van der Waals surface area contributed by atoms with Crippen molar-refractivity contribution in [3.05, 3.63) is 71.8 Å². The number of benzene rings is 2. The maximum absolute atomic E-state index is 10.7. The van der Waals surface area contributed by atoms with Crippen LogP contribution in [0.25, 0.3) is 0 Å². The summed E-state index contributed by atoms with van der Waals surface area (Å²) in [6.07, 6.45) is 2.42. The molecule has 170 valence electrons. The number of hydrogen-bond donors (Lipinski definition) is 0. The van der Waals surface area contributed by atoms with Gasteiger partial charge in [-0.15, -0.1) is 0 Å². The second-order valence-electron chi connectivity index (χ2n) is 8.47. The summed E-state index contributed by atoms with van der Waals surface area (Å²) in [6, 6.07) is 23.5. The van der Waals surface area contributed by atoms with Crippen LogP contribution in [0.4, 0.5) is 13.2 Å². The summed E-state index contributed by atoms with van der Waals surface area (Å²) in [5, 5.41) is 0. The Kier molecular flexibility index (Phi) is 7.10. The van der Waals surface area contributed by atoms with E-state index in [0.717, 1.165) is 6.04 Å². The Balaban J connectivity index is 0.000000293. The summed E-state index contributed by atoms with van der Waals surface area (Å²) in [5.41, 5.74) is -2.67. The quantitative estimate of drug-likeness (QED) is 0.403. The van der Waals surface area contributed by atoms with Gasteiger partial charge in [0.1, 0.15) is 6.04 Å². The maximum Gasteiger partial charge on any atom is 0.485 e. The van der Waals surface area contributed by atoms with Crippen molar-refractivity contribution in [2.24, 2.45) is 0 Å². The zero-order valence-corrected chi connectivity index (χ0v) is 18.1. The molecular weight excluding hydrogens is 429 g/mol. The van der Waals surface area contributed by atoms with Gasteiger partial charge in [0.05, 0.1) is 32.7 Å². The molecule has 0 saturated carbocycles. The molecule has 9 heteroatoms. The molecule has 2 bridgehead atoms. The first-order valence-electron chi connectivity index (χ1n) is 10.2. The molecule has 0 aliphatic carbocycles. The number of nitrogens with zero attached hydrogens (tertiary/aromatic N) is 2. The molecule has 31 heavy (non-hydrogen) atoms. The van der Waals surface area contributed by atoms with Crippen molar-refractivity contribution in [3.8, 4) is 0 Å². The van der Waals surface area contributed by atoms with Gasteiger partial charge in [-0.05, 0) is 17.5 Å². The zero-order valence-electron chi connectivity index (χ0n) is 17.3. The molecule has 3 aliphatic rings. The third-order valence-electron chi connectivity index (χ3n) is 6.28. The fourth-order valence-electron chi connectivity index (χ4n) is 4.52. The van der Waals surface area contributed by atoms with Gasteiger partial charge in [0.15, 0.2) is 10.1 Å². The lowest BCUT2D eigenvalue weighted by Gasteiger charge is -2.57. The van der Waals surface area contributed by atoms with Gasteiger partial charge in [-0.25, -0.2) is 8.42 Å². The monoisotopic (exact) mass is 456 g/mol. The molecule has 5 nitrogen and oxygen atoms in total. The van der Waals surface area contributed by atoms with E-state index in [0.29, 0.717) is 6.04 Å². The van der Waals surface area contributed by atoms with Crippen LogP contribution in [-0.4, -0.2) is 73.2 Å². The highest BCUT2D eigenvalue weighted by atomic mass is 32.2. The smallest absolute Gasteiger partial charge is 0.485 e. The van der Waals surface area contributed by atoms with Gasteiger partial charge >= 0.3 is 5.51 Å². The molecule has 0 aromatic heterocycles. The molecule has 4 atom stereocenters. The molecule has 3 aliphatic heterocycles. The van der Waals surface area contributed by atoms with E-state index in [1.807, 2.05) is 0 Å². The number of likely N-dealkylation sites (N-methyl/N-ethyl adjacent to an activating group) is 1. The molecule has 3 fully saturated rings. The van der Waals surface area contributed by atoms with E-state index < -0.39 is 15.6 Å². The molecule has 0 spiro atoms. The third-order valence-corrected chi connectivity index (χ3v) is 6.85. The number of piperazine rings is 3. The van der Waals surface area contributed by atoms with Crippen molar-refractivity contribution >= 4 is 10.1 Å². The number of alkyl halides is 3. The average molecular weight is 457 g/mol. The average Bonchev–Trinajstić information content (AvgIpc) is 2.70. The van der Waals surface area contributed by atoms with Gasteiger partial charge in [0.25, 0.3) is 0 Å². The molecule has 3 heterocycles. The van der Waals surface area contributed by atoms with E-state index in [4.69, 9.17) is 13.0 Å². The predicted octanol–water partition coefficient (Wildman–Crippen LogP) is 3.04. The molecule has 0 radical (unpaired) electrons. The lowest BCUT2D eigenvalue weighted by atomic mass is 9.91. The second kappa shape index (κ2) is 9.28. The Bertz CT molecular complexity index is 955. The van der Waals surface area contributed by atoms with E-state index in [-0.39, 0.29) is 0 Å². The summed E-state index contributed by atoms with van der Waals surface area (Å²) >= 11 is 0. The molecule has 5 rings (SSSR count). The van der Waals surface area contributed by atoms with Crippen LogP contribution >= 0.6 is 0 Å². The predicted molar refractivity (Wildman–Crippen MR) is 111 cm³/mol. The van der Waals surface area contributed by atoms with Crippen molar-refractivity contribution < 1.29 is 30.6 Å². The van der Waals surface area contributed by atoms with Gasteiger partial charge in [-0.3, -0.25) is 4.90 Å². The maximum atomic E-state index is 10.7. The minimum atomic E-state index is -6.09. The molecule has 0 amide bonds. The van der Waals surface area contributed by atoms with Crippen LogP contribution in [0.1, 0.15) is 11.1 Å². The van der Waals surface area contributed by atoms with E-state index in [2.05, 4.69) is 72.6 Å². The van der Waals surface area contributed by atoms with Gasteiger partial charge in [-0.1, -0.05) is 60.7 Å². The fourth-order valence-corrected chi connectivity index (χ4v) is 4.52. The van der Waals surface area contributed by atoms with Gasteiger partial charge < -0.3 is 9.04 Å². The number of halogens is 3.